The van der Waals surface area contributed by atoms with E-state index in [1.807, 2.05) is 0 Å². The first-order chi connectivity index (χ1) is 7.64. The van der Waals surface area contributed by atoms with Crippen molar-refractivity contribution in [3.8, 4) is 0 Å². The van der Waals surface area contributed by atoms with Gasteiger partial charge in [-0.2, -0.15) is 13.2 Å². The Morgan fingerprint density at radius 2 is 1.82 bits per heavy atom. The van der Waals surface area contributed by atoms with E-state index in [4.69, 9.17) is 11.6 Å². The second-order valence-corrected chi connectivity index (χ2v) is 3.68. The molecule has 0 unspecified atom stereocenters. The van der Waals surface area contributed by atoms with Gasteiger partial charge in [-0.1, -0.05) is 11.6 Å². The van der Waals surface area contributed by atoms with Gasteiger partial charge in [0.2, 0.25) is 0 Å². The lowest BCUT2D eigenvalue weighted by atomic mass is 10.0. The summed E-state index contributed by atoms with van der Waals surface area (Å²) in [5.74, 6) is -0.873. The molecule has 0 aliphatic carbocycles. The van der Waals surface area contributed by atoms with E-state index in [0.717, 1.165) is 6.92 Å². The highest BCUT2D eigenvalue weighted by atomic mass is 35.5. The first-order valence-electron chi connectivity index (χ1n) is 4.34. The van der Waals surface area contributed by atoms with Crippen molar-refractivity contribution in [2.45, 2.75) is 19.5 Å². The molecule has 0 spiro atoms. The molecule has 0 saturated carbocycles. The Hall–Kier alpha value is -1.17. The van der Waals surface area contributed by atoms with Gasteiger partial charge in [0.25, 0.3) is 6.43 Å². The number of benzene rings is 1. The number of rotatable bonds is 2. The third-order valence-electron chi connectivity index (χ3n) is 2.06. The van der Waals surface area contributed by atoms with Crippen LogP contribution in [0.25, 0.3) is 0 Å². The van der Waals surface area contributed by atoms with Crippen LogP contribution in [0.2, 0.25) is 5.02 Å². The molecule has 1 aromatic rings. The topological polar surface area (TPSA) is 17.1 Å². The van der Waals surface area contributed by atoms with Gasteiger partial charge in [0, 0.05) is 11.1 Å². The lowest BCUT2D eigenvalue weighted by Crippen LogP contribution is -2.10. The van der Waals surface area contributed by atoms with E-state index >= 15 is 0 Å². The van der Waals surface area contributed by atoms with Crippen LogP contribution in [0.1, 0.15) is 34.8 Å². The summed E-state index contributed by atoms with van der Waals surface area (Å²) in [4.78, 5) is 11.0. The van der Waals surface area contributed by atoms with Gasteiger partial charge < -0.3 is 0 Å². The van der Waals surface area contributed by atoms with Crippen LogP contribution in [0.4, 0.5) is 22.0 Å². The van der Waals surface area contributed by atoms with Gasteiger partial charge in [-0.25, -0.2) is 8.78 Å². The van der Waals surface area contributed by atoms with E-state index in [1.54, 1.807) is 0 Å². The van der Waals surface area contributed by atoms with Gasteiger partial charge in [0.15, 0.2) is 5.78 Å². The molecule has 7 heteroatoms. The van der Waals surface area contributed by atoms with Gasteiger partial charge >= 0.3 is 6.18 Å². The molecule has 0 saturated heterocycles. The smallest absolute Gasteiger partial charge is 0.294 e. The highest BCUT2D eigenvalue weighted by Crippen LogP contribution is 2.38. The Kier molecular flexibility index (Phi) is 3.76. The van der Waals surface area contributed by atoms with Crippen molar-refractivity contribution < 1.29 is 26.7 Å². The number of hydrogen-bond donors (Lipinski definition) is 0. The van der Waals surface area contributed by atoms with Crippen LogP contribution in [0.15, 0.2) is 12.1 Å². The fourth-order valence-electron chi connectivity index (χ4n) is 1.29. The summed E-state index contributed by atoms with van der Waals surface area (Å²) in [5, 5.41) is -0.849. The van der Waals surface area contributed by atoms with Gasteiger partial charge in [0.05, 0.1) is 10.6 Å². The maximum atomic E-state index is 12.5. The van der Waals surface area contributed by atoms with Gasteiger partial charge in [-0.15, -0.1) is 0 Å². The number of ketones is 1. The zero-order valence-corrected chi connectivity index (χ0v) is 9.16. The summed E-state index contributed by atoms with van der Waals surface area (Å²) in [7, 11) is 0. The molecule has 0 aliphatic heterocycles. The van der Waals surface area contributed by atoms with Crippen molar-refractivity contribution in [1.29, 1.82) is 0 Å². The molecular weight excluding hydrogens is 267 g/mol. The SMILES string of the molecule is CC(=O)c1cc(C(F)(F)F)c(Cl)cc1C(F)F. The molecule has 0 N–H and O–H groups in total. The zero-order chi connectivity index (χ0) is 13.4. The molecule has 94 valence electrons. The van der Waals surface area contributed by atoms with Crippen molar-refractivity contribution in [1.82, 2.24) is 0 Å². The van der Waals surface area contributed by atoms with Crippen LogP contribution in [-0.2, 0) is 6.18 Å². The summed E-state index contributed by atoms with van der Waals surface area (Å²) >= 11 is 5.27. The van der Waals surface area contributed by atoms with Gasteiger partial charge in [0.1, 0.15) is 0 Å². The molecule has 0 fully saturated rings. The molecule has 0 amide bonds. The predicted molar refractivity (Wildman–Crippen MR) is 51.4 cm³/mol. The Balaban J connectivity index is 3.51. The number of hydrogen-bond acceptors (Lipinski definition) is 1. The lowest BCUT2D eigenvalue weighted by Gasteiger charge is -2.13. The maximum Gasteiger partial charge on any atom is 0.417 e. The summed E-state index contributed by atoms with van der Waals surface area (Å²) in [6.07, 6.45) is -7.85. The van der Waals surface area contributed by atoms with Crippen molar-refractivity contribution in [2.24, 2.45) is 0 Å². The average molecular weight is 273 g/mol. The van der Waals surface area contributed by atoms with Crippen LogP contribution in [0, 0.1) is 0 Å². The summed E-state index contributed by atoms with van der Waals surface area (Å²) < 4.78 is 62.3. The number of alkyl halides is 5. The molecule has 0 aromatic heterocycles. The van der Waals surface area contributed by atoms with Crippen molar-refractivity contribution >= 4 is 17.4 Å². The minimum atomic E-state index is -4.79. The van der Waals surface area contributed by atoms with Crippen LogP contribution >= 0.6 is 11.6 Å². The first kappa shape index (κ1) is 13.9. The largest absolute Gasteiger partial charge is 0.417 e. The fourth-order valence-corrected chi connectivity index (χ4v) is 1.57. The van der Waals surface area contributed by atoms with E-state index in [1.165, 1.54) is 0 Å². The van der Waals surface area contributed by atoms with E-state index in [-0.39, 0.29) is 0 Å². The molecule has 0 atom stereocenters. The Morgan fingerprint density at radius 3 is 2.18 bits per heavy atom. The van der Waals surface area contributed by atoms with Gasteiger partial charge in [-0.3, -0.25) is 4.79 Å². The normalized spacial score (nSPS) is 12.0. The molecule has 1 rings (SSSR count). The molecule has 0 heterocycles. The Morgan fingerprint density at radius 1 is 1.29 bits per heavy atom. The molecule has 0 bridgehead atoms. The lowest BCUT2D eigenvalue weighted by molar-refractivity contribution is -0.137. The standard InChI is InChI=1S/C10H6ClF5O/c1-4(17)5-2-7(10(14,15)16)8(11)3-6(5)9(12)13/h2-3,9H,1H3. The van der Waals surface area contributed by atoms with Crippen molar-refractivity contribution in [3.63, 3.8) is 0 Å². The maximum absolute atomic E-state index is 12.5. The third-order valence-corrected chi connectivity index (χ3v) is 2.37. The summed E-state index contributed by atoms with van der Waals surface area (Å²) in [5.41, 5.74) is -2.76. The number of carbonyl (C=O) groups is 1. The number of carbonyl (C=O) groups excluding carboxylic acids is 1. The van der Waals surface area contributed by atoms with Crippen molar-refractivity contribution in [3.05, 3.63) is 33.8 Å². The highest BCUT2D eigenvalue weighted by molar-refractivity contribution is 6.31. The second-order valence-electron chi connectivity index (χ2n) is 3.27. The highest BCUT2D eigenvalue weighted by Gasteiger charge is 2.35. The molecule has 1 aromatic carbocycles. The van der Waals surface area contributed by atoms with E-state index in [2.05, 4.69) is 0 Å². The Bertz CT molecular complexity index is 453. The number of halogens is 6. The van der Waals surface area contributed by atoms with Crippen LogP contribution in [-0.4, -0.2) is 5.78 Å². The quantitative estimate of drug-likeness (QED) is 0.572. The monoisotopic (exact) mass is 272 g/mol. The average Bonchev–Trinajstić information content (AvgIpc) is 2.14. The first-order valence-corrected chi connectivity index (χ1v) is 4.72. The van der Waals surface area contributed by atoms with Gasteiger partial charge in [-0.05, 0) is 19.1 Å². The third kappa shape index (κ3) is 2.94. The summed E-state index contributed by atoms with van der Waals surface area (Å²) in [6.45, 7) is 0.912. The Labute approximate surface area is 98.2 Å². The molecule has 0 aliphatic rings. The molecule has 1 nitrogen and oxygen atoms in total. The summed E-state index contributed by atoms with van der Waals surface area (Å²) in [6, 6.07) is 0.831. The minimum Gasteiger partial charge on any atom is -0.294 e. The van der Waals surface area contributed by atoms with Crippen LogP contribution in [0.3, 0.4) is 0 Å². The molecule has 17 heavy (non-hydrogen) atoms. The van der Waals surface area contributed by atoms with E-state index in [0.29, 0.717) is 12.1 Å². The predicted octanol–water partition coefficient (Wildman–Crippen LogP) is 4.50. The second kappa shape index (κ2) is 4.60. The van der Waals surface area contributed by atoms with Crippen LogP contribution < -0.4 is 0 Å². The zero-order valence-electron chi connectivity index (χ0n) is 8.41. The molecular formula is C10H6ClF5O. The number of Topliss-reactive ketones (excluding diaryl/α,β-unsaturated/α-hetero) is 1. The molecule has 0 radical (unpaired) electrons. The van der Waals surface area contributed by atoms with Crippen molar-refractivity contribution in [2.75, 3.05) is 0 Å². The van der Waals surface area contributed by atoms with Crippen LogP contribution in [0.5, 0.6) is 0 Å². The fraction of sp³-hybridized carbons (Fsp3) is 0.300. The van der Waals surface area contributed by atoms with E-state index < -0.39 is 40.1 Å². The minimum absolute atomic E-state index is 0.353. The van der Waals surface area contributed by atoms with E-state index in [9.17, 15) is 26.7 Å².